The third kappa shape index (κ3) is 4.08. The van der Waals surface area contributed by atoms with Gasteiger partial charge in [-0.1, -0.05) is 61.9 Å². The minimum Gasteiger partial charge on any atom is -0.322 e. The van der Waals surface area contributed by atoms with Crippen molar-refractivity contribution in [2.45, 2.75) is 33.6 Å². The summed E-state index contributed by atoms with van der Waals surface area (Å²) >= 11 is 0. The van der Waals surface area contributed by atoms with E-state index >= 15 is 0 Å². The molecule has 0 aromatic heterocycles. The fraction of sp³-hybridized carbons (Fsp3) is 0.250. The Labute approximate surface area is 132 Å². The smallest absolute Gasteiger partial charge is 0.248 e. The topological polar surface area (TPSA) is 29.1 Å². The molecule has 0 saturated carbocycles. The summed E-state index contributed by atoms with van der Waals surface area (Å²) in [6, 6.07) is 14.3. The zero-order valence-electron chi connectivity index (χ0n) is 13.5. The van der Waals surface area contributed by atoms with Crippen LogP contribution < -0.4 is 5.32 Å². The molecule has 1 amide bonds. The fourth-order valence-corrected chi connectivity index (χ4v) is 2.42. The molecule has 0 aliphatic rings. The van der Waals surface area contributed by atoms with Crippen molar-refractivity contribution >= 4 is 17.7 Å². The monoisotopic (exact) mass is 293 g/mol. The molecule has 2 rings (SSSR count). The van der Waals surface area contributed by atoms with Crippen molar-refractivity contribution in [3.63, 3.8) is 0 Å². The average molecular weight is 293 g/mol. The number of amides is 1. The molecule has 22 heavy (non-hydrogen) atoms. The number of hydrogen-bond donors (Lipinski definition) is 1. The van der Waals surface area contributed by atoms with Gasteiger partial charge in [-0.05, 0) is 42.5 Å². The van der Waals surface area contributed by atoms with Crippen molar-refractivity contribution in [2.75, 3.05) is 5.32 Å². The molecule has 2 heteroatoms. The van der Waals surface area contributed by atoms with Gasteiger partial charge in [-0.15, -0.1) is 0 Å². The molecule has 0 spiro atoms. The Morgan fingerprint density at radius 3 is 2.14 bits per heavy atom. The SMILES string of the molecule is CCc1cccc(CC)c1NC(=O)C=Cc1ccc(C)cc1. The summed E-state index contributed by atoms with van der Waals surface area (Å²) in [6.45, 7) is 6.26. The Kier molecular flexibility index (Phi) is 5.54. The number of carbonyl (C=O) groups is 1. The molecule has 114 valence electrons. The highest BCUT2D eigenvalue weighted by atomic mass is 16.1. The van der Waals surface area contributed by atoms with E-state index in [0.29, 0.717) is 0 Å². The van der Waals surface area contributed by atoms with E-state index in [2.05, 4.69) is 37.4 Å². The molecule has 0 aliphatic heterocycles. The first kappa shape index (κ1) is 16.0. The maximum absolute atomic E-state index is 12.2. The molecule has 0 radical (unpaired) electrons. The van der Waals surface area contributed by atoms with Gasteiger partial charge in [-0.2, -0.15) is 0 Å². The van der Waals surface area contributed by atoms with Crippen LogP contribution in [-0.4, -0.2) is 5.91 Å². The lowest BCUT2D eigenvalue weighted by atomic mass is 10.0. The zero-order chi connectivity index (χ0) is 15.9. The summed E-state index contributed by atoms with van der Waals surface area (Å²) in [7, 11) is 0. The average Bonchev–Trinajstić information content (AvgIpc) is 2.54. The highest BCUT2D eigenvalue weighted by Crippen LogP contribution is 2.22. The predicted molar refractivity (Wildman–Crippen MR) is 94.0 cm³/mol. The highest BCUT2D eigenvalue weighted by molar-refractivity contribution is 6.02. The second-order valence-electron chi connectivity index (χ2n) is 5.39. The van der Waals surface area contributed by atoms with E-state index in [1.165, 1.54) is 16.7 Å². The number of carbonyl (C=O) groups excluding carboxylic acids is 1. The number of benzene rings is 2. The molecule has 2 nitrogen and oxygen atoms in total. The second-order valence-corrected chi connectivity index (χ2v) is 5.39. The van der Waals surface area contributed by atoms with Gasteiger partial charge in [0.2, 0.25) is 5.91 Å². The first-order valence-corrected chi connectivity index (χ1v) is 7.80. The summed E-state index contributed by atoms with van der Waals surface area (Å²) in [4.78, 5) is 12.2. The standard InChI is InChI=1S/C20H23NO/c1-4-17-7-6-8-18(5-2)20(17)21-19(22)14-13-16-11-9-15(3)10-12-16/h6-14H,4-5H2,1-3H3,(H,21,22). The Hall–Kier alpha value is -2.35. The van der Waals surface area contributed by atoms with Gasteiger partial charge in [0.25, 0.3) is 0 Å². The minimum absolute atomic E-state index is 0.0869. The van der Waals surface area contributed by atoms with Crippen LogP contribution in [0.4, 0.5) is 5.69 Å². The van der Waals surface area contributed by atoms with Crippen molar-refractivity contribution in [3.8, 4) is 0 Å². The number of nitrogens with one attached hydrogen (secondary N) is 1. The zero-order valence-corrected chi connectivity index (χ0v) is 13.5. The lowest BCUT2D eigenvalue weighted by molar-refractivity contribution is -0.111. The van der Waals surface area contributed by atoms with Crippen LogP contribution in [0.15, 0.2) is 48.5 Å². The predicted octanol–water partition coefficient (Wildman–Crippen LogP) is 4.77. The van der Waals surface area contributed by atoms with Gasteiger partial charge in [-0.3, -0.25) is 4.79 Å². The molecule has 2 aromatic carbocycles. The van der Waals surface area contributed by atoms with E-state index in [4.69, 9.17) is 0 Å². The van der Waals surface area contributed by atoms with Crippen LogP contribution in [0.25, 0.3) is 6.08 Å². The molecule has 0 unspecified atom stereocenters. The lowest BCUT2D eigenvalue weighted by Crippen LogP contribution is -2.11. The van der Waals surface area contributed by atoms with Crippen LogP contribution >= 0.6 is 0 Å². The maximum Gasteiger partial charge on any atom is 0.248 e. The van der Waals surface area contributed by atoms with E-state index < -0.39 is 0 Å². The largest absolute Gasteiger partial charge is 0.322 e. The summed E-state index contributed by atoms with van der Waals surface area (Å²) < 4.78 is 0. The van der Waals surface area contributed by atoms with Gasteiger partial charge >= 0.3 is 0 Å². The normalized spacial score (nSPS) is 10.9. The highest BCUT2D eigenvalue weighted by Gasteiger charge is 2.08. The summed E-state index contributed by atoms with van der Waals surface area (Å²) in [5, 5.41) is 3.04. The molecule has 0 heterocycles. The number of para-hydroxylation sites is 1. The molecule has 2 aromatic rings. The van der Waals surface area contributed by atoms with Crippen molar-refractivity contribution in [1.82, 2.24) is 0 Å². The third-order valence-electron chi connectivity index (χ3n) is 3.75. The van der Waals surface area contributed by atoms with E-state index in [0.717, 1.165) is 24.1 Å². The Balaban J connectivity index is 2.13. The van der Waals surface area contributed by atoms with Gasteiger partial charge < -0.3 is 5.32 Å². The van der Waals surface area contributed by atoms with E-state index in [1.807, 2.05) is 37.3 Å². The quantitative estimate of drug-likeness (QED) is 0.790. The van der Waals surface area contributed by atoms with Gasteiger partial charge in [0.05, 0.1) is 0 Å². The fourth-order valence-electron chi connectivity index (χ4n) is 2.42. The van der Waals surface area contributed by atoms with Crippen molar-refractivity contribution in [1.29, 1.82) is 0 Å². The molecule has 0 saturated heterocycles. The van der Waals surface area contributed by atoms with Crippen molar-refractivity contribution in [2.24, 2.45) is 0 Å². The van der Waals surface area contributed by atoms with Crippen LogP contribution in [0.1, 0.15) is 36.1 Å². The van der Waals surface area contributed by atoms with Crippen LogP contribution in [0.2, 0.25) is 0 Å². The second kappa shape index (κ2) is 7.60. The summed E-state index contributed by atoms with van der Waals surface area (Å²) in [5.41, 5.74) is 5.56. The van der Waals surface area contributed by atoms with Crippen LogP contribution in [0, 0.1) is 6.92 Å². The van der Waals surface area contributed by atoms with Crippen molar-refractivity contribution < 1.29 is 4.79 Å². The van der Waals surface area contributed by atoms with Crippen LogP contribution in [0.5, 0.6) is 0 Å². The van der Waals surface area contributed by atoms with Crippen LogP contribution in [-0.2, 0) is 17.6 Å². The maximum atomic E-state index is 12.2. The first-order valence-electron chi connectivity index (χ1n) is 7.80. The Morgan fingerprint density at radius 2 is 1.59 bits per heavy atom. The molecular formula is C20H23NO. The van der Waals surface area contributed by atoms with Gasteiger partial charge in [0.15, 0.2) is 0 Å². The molecule has 0 aliphatic carbocycles. The number of aryl methyl sites for hydroxylation is 3. The van der Waals surface area contributed by atoms with E-state index in [-0.39, 0.29) is 5.91 Å². The van der Waals surface area contributed by atoms with Crippen LogP contribution in [0.3, 0.4) is 0 Å². The third-order valence-corrected chi connectivity index (χ3v) is 3.75. The Morgan fingerprint density at radius 1 is 1.00 bits per heavy atom. The first-order chi connectivity index (χ1) is 10.6. The van der Waals surface area contributed by atoms with Crippen molar-refractivity contribution in [3.05, 3.63) is 70.8 Å². The van der Waals surface area contributed by atoms with E-state index in [1.54, 1.807) is 6.08 Å². The van der Waals surface area contributed by atoms with Gasteiger partial charge in [-0.25, -0.2) is 0 Å². The molecule has 1 N–H and O–H groups in total. The molecular weight excluding hydrogens is 270 g/mol. The lowest BCUT2D eigenvalue weighted by Gasteiger charge is -2.13. The molecule has 0 fully saturated rings. The number of hydrogen-bond acceptors (Lipinski definition) is 1. The van der Waals surface area contributed by atoms with Gasteiger partial charge in [0, 0.05) is 11.8 Å². The molecule has 0 atom stereocenters. The number of anilines is 1. The summed E-state index contributed by atoms with van der Waals surface area (Å²) in [5.74, 6) is -0.0869. The van der Waals surface area contributed by atoms with Gasteiger partial charge in [0.1, 0.15) is 0 Å². The minimum atomic E-state index is -0.0869. The van der Waals surface area contributed by atoms with E-state index in [9.17, 15) is 4.79 Å². The Bertz CT molecular complexity index is 646. The molecule has 0 bridgehead atoms. The number of rotatable bonds is 5. The summed E-state index contributed by atoms with van der Waals surface area (Å²) in [6.07, 6.45) is 5.25.